The minimum atomic E-state index is -1.93. The van der Waals surface area contributed by atoms with Gasteiger partial charge in [-0.05, 0) is 74.1 Å². The number of esters is 1. The Morgan fingerprint density at radius 2 is 1.68 bits per heavy atom. The third-order valence-electron chi connectivity index (χ3n) is 11.1. The summed E-state index contributed by atoms with van der Waals surface area (Å²) in [5.74, 6) is -2.44. The maximum Gasteiger partial charge on any atom is 0.340 e. The van der Waals surface area contributed by atoms with E-state index in [-0.39, 0.29) is 23.9 Å². The fraction of sp³-hybridized carbons (Fsp3) is 0.439. The first kappa shape index (κ1) is 38.1. The van der Waals surface area contributed by atoms with E-state index < -0.39 is 42.6 Å². The molecule has 5 heterocycles. The predicted molar refractivity (Wildman–Crippen MR) is 206 cm³/mol. The van der Waals surface area contributed by atoms with Crippen LogP contribution >= 0.6 is 11.3 Å². The van der Waals surface area contributed by atoms with E-state index in [9.17, 15) is 34.8 Å². The molecule has 1 aliphatic carbocycles. The van der Waals surface area contributed by atoms with Gasteiger partial charge in [0.05, 0.1) is 56.8 Å². The zero-order chi connectivity index (χ0) is 39.2. The fourth-order valence-corrected chi connectivity index (χ4v) is 9.21. The van der Waals surface area contributed by atoms with Crippen LogP contribution in [0.2, 0.25) is 0 Å². The van der Waals surface area contributed by atoms with E-state index in [0.29, 0.717) is 31.8 Å². The molecule has 1 saturated carbocycles. The van der Waals surface area contributed by atoms with E-state index in [1.54, 1.807) is 28.4 Å². The highest BCUT2D eigenvalue weighted by molar-refractivity contribution is 7.15. The summed E-state index contributed by atoms with van der Waals surface area (Å²) in [6.07, 6.45) is -4.35. The fourth-order valence-electron chi connectivity index (χ4n) is 8.32. The molecule has 15 heteroatoms. The topological polar surface area (TPSA) is 194 Å². The van der Waals surface area contributed by atoms with Gasteiger partial charge in [-0.3, -0.25) is 4.79 Å². The molecule has 3 aliphatic rings. The quantitative estimate of drug-likeness (QED) is 0.161. The van der Waals surface area contributed by atoms with Crippen LogP contribution in [0.1, 0.15) is 64.6 Å². The lowest BCUT2D eigenvalue weighted by Crippen LogP contribution is -2.60. The molecule has 4 N–H and O–H groups in total. The molecule has 0 radical (unpaired) electrons. The van der Waals surface area contributed by atoms with Gasteiger partial charge in [0.25, 0.3) is 0 Å². The number of carbonyl (C=O) groups is 3. The number of pyridine rings is 1. The Kier molecular flexibility index (Phi) is 10.6. The number of aromatic nitrogens is 3. The number of hydrogen-bond acceptors (Lipinski definition) is 12. The summed E-state index contributed by atoms with van der Waals surface area (Å²) in [5, 5.41) is 43.3. The van der Waals surface area contributed by atoms with Crippen LogP contribution in [-0.4, -0.2) is 115 Å². The summed E-state index contributed by atoms with van der Waals surface area (Å²) < 4.78 is 18.2. The number of aliphatic hydroxyl groups excluding tert-OH is 3. The van der Waals surface area contributed by atoms with E-state index in [1.807, 2.05) is 42.7 Å². The first-order valence-corrected chi connectivity index (χ1v) is 19.8. The van der Waals surface area contributed by atoms with Crippen molar-refractivity contribution in [3.8, 4) is 21.8 Å². The highest BCUT2D eigenvalue weighted by Crippen LogP contribution is 2.45. The average molecular weight is 785 g/mol. The third-order valence-corrected chi connectivity index (χ3v) is 12.2. The van der Waals surface area contributed by atoms with Crippen molar-refractivity contribution < 1.29 is 49.0 Å². The van der Waals surface area contributed by atoms with Gasteiger partial charge in [-0.1, -0.05) is 37.5 Å². The number of benzene rings is 2. The molecule has 5 aromatic rings. The highest BCUT2D eigenvalue weighted by atomic mass is 32.1. The number of hydrogen-bond donors (Lipinski definition) is 4. The summed E-state index contributed by atoms with van der Waals surface area (Å²) in [4.78, 5) is 51.8. The number of morpholine rings is 1. The SMILES string of the molecule is Cc1nc(C)c(-c2ccc3cc(-c4c(C5CCCCC5)c5ccc(C(=O)O[C@@H]6O[C@H](C(=O)O)[C@@H](O)[C@H](O)C6O)cc5n4CC(=O)N4CCOCC4)ccc3n2)s1. The van der Waals surface area contributed by atoms with Gasteiger partial charge < -0.3 is 44.1 Å². The van der Waals surface area contributed by atoms with Crippen LogP contribution in [0, 0.1) is 13.8 Å². The minimum absolute atomic E-state index is 0.00882. The number of carboxylic acid groups (broad SMARTS) is 1. The molecule has 14 nitrogen and oxygen atoms in total. The van der Waals surface area contributed by atoms with Gasteiger partial charge in [-0.25, -0.2) is 19.6 Å². The van der Waals surface area contributed by atoms with Crippen LogP contribution in [0.25, 0.3) is 43.6 Å². The Labute approximate surface area is 326 Å². The second-order valence-electron chi connectivity index (χ2n) is 14.8. The van der Waals surface area contributed by atoms with E-state index in [0.717, 1.165) is 86.5 Å². The third kappa shape index (κ3) is 7.19. The van der Waals surface area contributed by atoms with Crippen LogP contribution < -0.4 is 0 Å². The summed E-state index contributed by atoms with van der Waals surface area (Å²) in [6, 6.07) is 15.3. The van der Waals surface area contributed by atoms with Crippen LogP contribution in [-0.2, 0) is 30.3 Å². The van der Waals surface area contributed by atoms with Crippen molar-refractivity contribution in [3.63, 3.8) is 0 Å². The summed E-state index contributed by atoms with van der Waals surface area (Å²) >= 11 is 1.61. The first-order chi connectivity index (χ1) is 27.0. The summed E-state index contributed by atoms with van der Waals surface area (Å²) in [6.45, 7) is 5.77. The number of aryl methyl sites for hydroxylation is 2. The van der Waals surface area contributed by atoms with E-state index in [2.05, 4.69) is 17.1 Å². The lowest BCUT2D eigenvalue weighted by atomic mass is 9.81. The van der Waals surface area contributed by atoms with Crippen molar-refractivity contribution in [1.29, 1.82) is 0 Å². The van der Waals surface area contributed by atoms with Gasteiger partial charge in [0, 0.05) is 23.9 Å². The molecule has 0 spiro atoms. The number of ether oxygens (including phenoxy) is 3. The number of amides is 1. The molecule has 294 valence electrons. The van der Waals surface area contributed by atoms with Crippen LogP contribution in [0.5, 0.6) is 0 Å². The number of carbonyl (C=O) groups excluding carboxylic acids is 2. The molecule has 5 atom stereocenters. The van der Waals surface area contributed by atoms with Crippen molar-refractivity contribution >= 4 is 51.0 Å². The van der Waals surface area contributed by atoms with Gasteiger partial charge >= 0.3 is 11.9 Å². The number of carboxylic acids is 1. The maximum atomic E-state index is 14.1. The standard InChI is InChI=1S/C41H44N4O10S/c1-21-38(56-22(2)42-21)29-13-9-24-18-25(10-12-28(24)43-29)33-32(23-6-4-3-5-7-23)27-11-8-26(19-30(27)45(33)20-31(46)44-14-16-53-17-15-44)40(52)55-41-36(49)34(47)35(48)37(54-41)39(50)51/h8-13,18-19,23,34-37,41,47-49H,3-7,14-17,20H2,1-2H3,(H,50,51)/t34-,35-,36?,37-,41-/m0/s1. The Bertz CT molecular complexity index is 2310. The van der Waals surface area contributed by atoms with E-state index >= 15 is 0 Å². The normalized spacial score (nSPS) is 23.4. The van der Waals surface area contributed by atoms with Crippen molar-refractivity contribution in [2.24, 2.45) is 0 Å². The van der Waals surface area contributed by atoms with Gasteiger partial charge in [0.1, 0.15) is 24.9 Å². The van der Waals surface area contributed by atoms with Crippen molar-refractivity contribution in [2.45, 2.75) is 89.1 Å². The smallest absolute Gasteiger partial charge is 0.340 e. The van der Waals surface area contributed by atoms with Crippen molar-refractivity contribution in [2.75, 3.05) is 26.3 Å². The van der Waals surface area contributed by atoms with E-state index in [1.165, 1.54) is 0 Å². The Morgan fingerprint density at radius 1 is 0.911 bits per heavy atom. The summed E-state index contributed by atoms with van der Waals surface area (Å²) in [5.41, 5.74) is 6.19. The van der Waals surface area contributed by atoms with Gasteiger partial charge in [0.2, 0.25) is 12.2 Å². The number of fused-ring (bicyclic) bond motifs is 2. The molecule has 3 fully saturated rings. The average Bonchev–Trinajstić information content (AvgIpc) is 3.72. The van der Waals surface area contributed by atoms with Crippen molar-refractivity contribution in [1.82, 2.24) is 19.4 Å². The molecule has 1 amide bonds. The monoisotopic (exact) mass is 784 g/mol. The predicted octanol–water partition coefficient (Wildman–Crippen LogP) is 4.55. The molecule has 1 unspecified atom stereocenters. The molecule has 0 bridgehead atoms. The molecule has 2 aliphatic heterocycles. The Morgan fingerprint density at radius 3 is 2.39 bits per heavy atom. The van der Waals surface area contributed by atoms with Crippen molar-refractivity contribution in [3.05, 3.63) is 70.4 Å². The summed E-state index contributed by atoms with van der Waals surface area (Å²) in [7, 11) is 0. The largest absolute Gasteiger partial charge is 0.479 e. The molecule has 2 aromatic carbocycles. The first-order valence-electron chi connectivity index (χ1n) is 19.0. The Balaban J connectivity index is 1.24. The zero-order valence-corrected chi connectivity index (χ0v) is 31.9. The minimum Gasteiger partial charge on any atom is -0.479 e. The second-order valence-corrected chi connectivity index (χ2v) is 16.0. The van der Waals surface area contributed by atoms with Gasteiger partial charge in [-0.2, -0.15) is 0 Å². The maximum absolute atomic E-state index is 14.1. The molecule has 3 aromatic heterocycles. The zero-order valence-electron chi connectivity index (χ0n) is 31.1. The van der Waals surface area contributed by atoms with E-state index in [4.69, 9.17) is 19.2 Å². The number of aliphatic carboxylic acids is 1. The number of aliphatic hydroxyl groups is 3. The van der Waals surface area contributed by atoms with Crippen LogP contribution in [0.4, 0.5) is 0 Å². The molecular weight excluding hydrogens is 741 g/mol. The Hall–Kier alpha value is -4.77. The number of rotatable bonds is 8. The van der Waals surface area contributed by atoms with Crippen LogP contribution in [0.15, 0.2) is 48.5 Å². The molecule has 2 saturated heterocycles. The molecule has 56 heavy (non-hydrogen) atoms. The van der Waals surface area contributed by atoms with Gasteiger partial charge in [0.15, 0.2) is 6.10 Å². The second kappa shape index (κ2) is 15.6. The number of nitrogens with zero attached hydrogens (tertiary/aromatic N) is 4. The lowest BCUT2D eigenvalue weighted by Gasteiger charge is -2.37. The molecule has 8 rings (SSSR count). The molecular formula is C41H44N4O10S. The lowest BCUT2D eigenvalue weighted by molar-refractivity contribution is -0.278. The van der Waals surface area contributed by atoms with Crippen LogP contribution in [0.3, 0.4) is 0 Å². The highest BCUT2D eigenvalue weighted by Gasteiger charge is 2.48. The number of thiazole rings is 1. The van der Waals surface area contributed by atoms with Gasteiger partial charge in [-0.15, -0.1) is 11.3 Å².